The Morgan fingerprint density at radius 1 is 1.05 bits per heavy atom. The molecule has 0 saturated heterocycles. The molecule has 0 aromatic heterocycles. The molecule has 3 nitrogen and oxygen atoms in total. The van der Waals surface area contributed by atoms with E-state index in [0.29, 0.717) is 15.8 Å². The van der Waals surface area contributed by atoms with E-state index in [9.17, 15) is 4.39 Å². The first kappa shape index (κ1) is 14.0. The third-order valence-corrected chi connectivity index (χ3v) is 3.33. The number of hydrogen-bond donors (Lipinski definition) is 2. The highest BCUT2D eigenvalue weighted by Crippen LogP contribution is 2.31. The van der Waals surface area contributed by atoms with Gasteiger partial charge >= 0.3 is 0 Å². The van der Waals surface area contributed by atoms with Crippen molar-refractivity contribution < 1.29 is 9.13 Å². The van der Waals surface area contributed by atoms with E-state index in [1.807, 2.05) is 0 Å². The molecular weight excluding hydrogens is 379 g/mol. The quantitative estimate of drug-likeness (QED) is 0.604. The number of rotatable bonds is 3. The van der Waals surface area contributed by atoms with E-state index in [1.54, 1.807) is 24.3 Å². The highest BCUT2D eigenvalue weighted by molar-refractivity contribution is 9.10. The van der Waals surface area contributed by atoms with Gasteiger partial charge in [0.15, 0.2) is 11.6 Å². The molecule has 0 saturated carbocycles. The number of nitrogens with one attached hydrogen (secondary N) is 1. The minimum Gasteiger partial charge on any atom is -0.453 e. The molecule has 98 valence electrons. The van der Waals surface area contributed by atoms with E-state index < -0.39 is 5.82 Å². The van der Waals surface area contributed by atoms with Gasteiger partial charge in [-0.2, -0.15) is 0 Å². The number of nitrogen functional groups attached to an aromatic ring is 1. The topological polar surface area (TPSA) is 59.1 Å². The van der Waals surface area contributed by atoms with Crippen molar-refractivity contribution in [1.82, 2.24) is 0 Å². The molecule has 0 radical (unpaired) electrons. The van der Waals surface area contributed by atoms with Crippen molar-refractivity contribution in [3.05, 3.63) is 56.7 Å². The van der Waals surface area contributed by atoms with Crippen LogP contribution in [0.4, 0.5) is 4.39 Å². The summed E-state index contributed by atoms with van der Waals surface area (Å²) in [7, 11) is 0. The lowest BCUT2D eigenvalue weighted by molar-refractivity contribution is 0.441. The Balaban J connectivity index is 2.42. The van der Waals surface area contributed by atoms with Crippen molar-refractivity contribution in [3.8, 4) is 11.5 Å². The first-order valence-corrected chi connectivity index (χ1v) is 6.83. The van der Waals surface area contributed by atoms with Crippen LogP contribution in [0.2, 0.25) is 0 Å². The van der Waals surface area contributed by atoms with E-state index in [1.165, 1.54) is 12.1 Å². The van der Waals surface area contributed by atoms with Gasteiger partial charge in [0.25, 0.3) is 0 Å². The molecule has 0 spiro atoms. The number of benzene rings is 2. The van der Waals surface area contributed by atoms with Gasteiger partial charge in [-0.15, -0.1) is 0 Å². The Morgan fingerprint density at radius 3 is 2.32 bits per heavy atom. The number of halogens is 3. The Kier molecular flexibility index (Phi) is 4.21. The summed E-state index contributed by atoms with van der Waals surface area (Å²) in [4.78, 5) is 0. The molecule has 2 aromatic rings. The first-order valence-electron chi connectivity index (χ1n) is 5.24. The van der Waals surface area contributed by atoms with Gasteiger partial charge < -0.3 is 10.5 Å². The van der Waals surface area contributed by atoms with Crippen LogP contribution in [0.3, 0.4) is 0 Å². The van der Waals surface area contributed by atoms with Gasteiger partial charge in [-0.25, -0.2) is 4.39 Å². The van der Waals surface area contributed by atoms with Crippen LogP contribution in [-0.4, -0.2) is 5.84 Å². The molecule has 0 amide bonds. The van der Waals surface area contributed by atoms with Crippen molar-refractivity contribution >= 4 is 37.7 Å². The molecule has 0 aliphatic rings. The van der Waals surface area contributed by atoms with Gasteiger partial charge in [-0.05, 0) is 36.4 Å². The number of ether oxygens (including phenoxy) is 1. The fourth-order valence-electron chi connectivity index (χ4n) is 1.48. The van der Waals surface area contributed by atoms with Crippen molar-refractivity contribution in [2.45, 2.75) is 0 Å². The van der Waals surface area contributed by atoms with Crippen LogP contribution in [0.25, 0.3) is 0 Å². The van der Waals surface area contributed by atoms with Crippen molar-refractivity contribution in [2.24, 2.45) is 5.73 Å². The smallest absolute Gasteiger partial charge is 0.166 e. The summed E-state index contributed by atoms with van der Waals surface area (Å²) in [5.41, 5.74) is 5.88. The summed E-state index contributed by atoms with van der Waals surface area (Å²) >= 11 is 6.47. The van der Waals surface area contributed by atoms with Gasteiger partial charge in [-0.1, -0.05) is 31.9 Å². The summed E-state index contributed by atoms with van der Waals surface area (Å²) in [6, 6.07) is 9.49. The van der Waals surface area contributed by atoms with Crippen LogP contribution in [0.5, 0.6) is 11.5 Å². The zero-order chi connectivity index (χ0) is 14.0. The normalized spacial score (nSPS) is 10.3. The Hall–Kier alpha value is -1.40. The summed E-state index contributed by atoms with van der Waals surface area (Å²) in [6.07, 6.45) is 0. The Bertz CT molecular complexity index is 647. The highest BCUT2D eigenvalue weighted by atomic mass is 79.9. The van der Waals surface area contributed by atoms with Crippen LogP contribution in [0.15, 0.2) is 45.3 Å². The fraction of sp³-hybridized carbons (Fsp3) is 0. The van der Waals surface area contributed by atoms with Crippen LogP contribution in [-0.2, 0) is 0 Å². The molecule has 6 heteroatoms. The maximum absolute atomic E-state index is 13.7. The van der Waals surface area contributed by atoms with Crippen LogP contribution in [0, 0.1) is 11.2 Å². The lowest BCUT2D eigenvalue weighted by Crippen LogP contribution is -2.12. The molecule has 0 aliphatic heterocycles. The summed E-state index contributed by atoms with van der Waals surface area (Å²) in [5, 5.41) is 7.48. The van der Waals surface area contributed by atoms with E-state index >= 15 is 0 Å². The summed E-state index contributed by atoms with van der Waals surface area (Å²) < 4.78 is 20.6. The molecule has 0 unspecified atom stereocenters. The third kappa shape index (κ3) is 3.33. The van der Waals surface area contributed by atoms with Crippen LogP contribution < -0.4 is 10.5 Å². The monoisotopic (exact) mass is 386 g/mol. The molecule has 0 bridgehead atoms. The number of nitrogens with two attached hydrogens (primary N) is 1. The molecule has 0 aliphatic carbocycles. The molecule has 2 aromatic carbocycles. The predicted molar refractivity (Wildman–Crippen MR) is 79.3 cm³/mol. The molecule has 0 fully saturated rings. The molecule has 3 N–H and O–H groups in total. The second-order valence-electron chi connectivity index (χ2n) is 3.73. The van der Waals surface area contributed by atoms with E-state index in [0.717, 1.165) is 4.47 Å². The maximum Gasteiger partial charge on any atom is 0.166 e. The molecule has 2 rings (SSSR count). The van der Waals surface area contributed by atoms with Gasteiger partial charge in [0, 0.05) is 8.95 Å². The number of hydrogen-bond acceptors (Lipinski definition) is 2. The summed E-state index contributed by atoms with van der Waals surface area (Å²) in [6.45, 7) is 0. The van der Waals surface area contributed by atoms with E-state index in [2.05, 4.69) is 31.9 Å². The fourth-order valence-corrected chi connectivity index (χ4v) is 2.15. The first-order chi connectivity index (χ1) is 8.97. The minimum absolute atomic E-state index is 0.0730. The average molecular weight is 388 g/mol. The minimum atomic E-state index is -0.496. The van der Waals surface area contributed by atoms with Gasteiger partial charge in [0.1, 0.15) is 11.6 Å². The highest BCUT2D eigenvalue weighted by Gasteiger charge is 2.11. The second-order valence-corrected chi connectivity index (χ2v) is 5.56. The van der Waals surface area contributed by atoms with Gasteiger partial charge in [0.2, 0.25) is 0 Å². The lowest BCUT2D eigenvalue weighted by atomic mass is 10.2. The van der Waals surface area contributed by atoms with Crippen molar-refractivity contribution in [3.63, 3.8) is 0 Å². The van der Waals surface area contributed by atoms with E-state index in [-0.39, 0.29) is 11.6 Å². The molecule has 0 atom stereocenters. The predicted octanol–water partition coefficient (Wildman–Crippen LogP) is 4.43. The van der Waals surface area contributed by atoms with Gasteiger partial charge in [-0.3, -0.25) is 5.41 Å². The van der Waals surface area contributed by atoms with E-state index in [4.69, 9.17) is 15.9 Å². The zero-order valence-electron chi connectivity index (χ0n) is 9.58. The third-order valence-electron chi connectivity index (χ3n) is 2.35. The Morgan fingerprint density at radius 2 is 1.68 bits per heavy atom. The van der Waals surface area contributed by atoms with Crippen molar-refractivity contribution in [1.29, 1.82) is 5.41 Å². The number of amidine groups is 1. The average Bonchev–Trinajstić information content (AvgIpc) is 2.32. The molecular formula is C13H9Br2FN2O. The molecule has 0 heterocycles. The lowest BCUT2D eigenvalue weighted by Gasteiger charge is -2.11. The second kappa shape index (κ2) is 5.71. The summed E-state index contributed by atoms with van der Waals surface area (Å²) in [5.74, 6) is -0.240. The van der Waals surface area contributed by atoms with Crippen LogP contribution >= 0.6 is 31.9 Å². The Labute approximate surface area is 126 Å². The maximum atomic E-state index is 13.7. The standard InChI is InChI=1S/C13H9Br2FN2O/c14-7-2-4-11(10(16)5-7)19-12-6-8(15)1-3-9(12)13(17)18/h1-6H,(H3,17,18). The van der Waals surface area contributed by atoms with Crippen LogP contribution in [0.1, 0.15) is 5.56 Å². The van der Waals surface area contributed by atoms with Crippen molar-refractivity contribution in [2.75, 3.05) is 0 Å². The van der Waals surface area contributed by atoms with Gasteiger partial charge in [0.05, 0.1) is 5.56 Å². The molecule has 19 heavy (non-hydrogen) atoms. The largest absolute Gasteiger partial charge is 0.453 e. The SMILES string of the molecule is N=C(N)c1ccc(Br)cc1Oc1ccc(Br)cc1F. The zero-order valence-corrected chi connectivity index (χ0v) is 12.8.